The lowest BCUT2D eigenvalue weighted by atomic mass is 9.96. The minimum Gasteiger partial charge on any atom is -0.494 e. The van der Waals surface area contributed by atoms with E-state index < -0.39 is 11.6 Å². The summed E-state index contributed by atoms with van der Waals surface area (Å²) in [6, 6.07) is 33.3. The Kier molecular flexibility index (Phi) is 9.41. The van der Waals surface area contributed by atoms with E-state index in [2.05, 4.69) is 5.32 Å². The third kappa shape index (κ3) is 7.86. The van der Waals surface area contributed by atoms with Gasteiger partial charge in [-0.05, 0) is 74.4 Å². The number of amides is 2. The largest absolute Gasteiger partial charge is 0.494 e. The molecule has 4 rings (SSSR count). The molecule has 1 atom stereocenters. The van der Waals surface area contributed by atoms with Crippen LogP contribution in [0.15, 0.2) is 109 Å². The molecule has 206 valence electrons. The number of nitrogens with zero attached hydrogens (tertiary/aromatic N) is 1. The second-order valence-electron chi connectivity index (χ2n) is 9.76. The van der Waals surface area contributed by atoms with Gasteiger partial charge in [0.15, 0.2) is 0 Å². The highest BCUT2D eigenvalue weighted by Gasteiger charge is 2.36. The van der Waals surface area contributed by atoms with E-state index in [-0.39, 0.29) is 12.5 Å². The van der Waals surface area contributed by atoms with E-state index in [1.165, 1.54) is 0 Å². The first-order valence-electron chi connectivity index (χ1n) is 13.2. The molecule has 0 aliphatic rings. The third-order valence-electron chi connectivity index (χ3n) is 6.41. The average Bonchev–Trinajstić information content (AvgIpc) is 2.96. The molecular weight excluding hydrogens is 504 g/mol. The fourth-order valence-corrected chi connectivity index (χ4v) is 4.19. The van der Waals surface area contributed by atoms with Crippen molar-refractivity contribution < 1.29 is 24.2 Å². The molecule has 0 saturated carbocycles. The fraction of sp³-hybridized carbons (Fsp3) is 0.212. The van der Waals surface area contributed by atoms with Gasteiger partial charge in [0.1, 0.15) is 11.5 Å². The van der Waals surface area contributed by atoms with Gasteiger partial charge in [-0.25, -0.2) is 9.59 Å². The summed E-state index contributed by atoms with van der Waals surface area (Å²) in [4.78, 5) is 26.8. The van der Waals surface area contributed by atoms with E-state index in [1.807, 2.05) is 91.9 Å². The zero-order valence-corrected chi connectivity index (χ0v) is 22.7. The zero-order chi connectivity index (χ0) is 28.4. The van der Waals surface area contributed by atoms with Gasteiger partial charge in [-0.2, -0.15) is 0 Å². The van der Waals surface area contributed by atoms with Crippen molar-refractivity contribution in [1.82, 2.24) is 0 Å². The number of carboxylic acid groups (broad SMARTS) is 1. The van der Waals surface area contributed by atoms with Crippen molar-refractivity contribution in [3.05, 3.63) is 120 Å². The van der Waals surface area contributed by atoms with E-state index in [9.17, 15) is 14.7 Å². The molecule has 2 N–H and O–H groups in total. The minimum atomic E-state index is -1.41. The van der Waals surface area contributed by atoms with Crippen LogP contribution in [0.3, 0.4) is 0 Å². The molecule has 0 fully saturated rings. The summed E-state index contributed by atoms with van der Waals surface area (Å²) in [5.41, 5.74) is 2.07. The smallest absolute Gasteiger partial charge is 0.348 e. The maximum atomic E-state index is 13.1. The van der Waals surface area contributed by atoms with Gasteiger partial charge in [-0.1, -0.05) is 66.2 Å². The Morgan fingerprint density at radius 1 is 0.825 bits per heavy atom. The number of carbonyl (C=O) groups excluding carboxylic acids is 1. The van der Waals surface area contributed by atoms with Gasteiger partial charge in [0.05, 0.1) is 6.61 Å². The number of carboxylic acids is 1. The Hall–Kier alpha value is -4.78. The van der Waals surface area contributed by atoms with Gasteiger partial charge < -0.3 is 19.9 Å². The lowest BCUT2D eigenvalue weighted by Gasteiger charge is -2.26. The molecule has 0 saturated heterocycles. The van der Waals surface area contributed by atoms with Crippen LogP contribution in [-0.4, -0.2) is 35.9 Å². The van der Waals surface area contributed by atoms with Gasteiger partial charge in [-0.15, -0.1) is 0 Å². The minimum absolute atomic E-state index is 0.194. The van der Waals surface area contributed by atoms with Gasteiger partial charge in [0, 0.05) is 24.3 Å². The maximum absolute atomic E-state index is 13.1. The maximum Gasteiger partial charge on any atom is 0.348 e. The molecule has 0 bridgehead atoms. The number of para-hydroxylation sites is 2. The number of aliphatic carboxylic acids is 1. The van der Waals surface area contributed by atoms with Crippen LogP contribution in [0.25, 0.3) is 0 Å². The van der Waals surface area contributed by atoms with Crippen molar-refractivity contribution in [3.8, 4) is 11.5 Å². The van der Waals surface area contributed by atoms with E-state index in [0.717, 1.165) is 22.5 Å². The van der Waals surface area contributed by atoms with Gasteiger partial charge in [-0.3, -0.25) is 4.90 Å². The first-order chi connectivity index (χ1) is 19.3. The van der Waals surface area contributed by atoms with Crippen molar-refractivity contribution >= 4 is 23.4 Å². The second kappa shape index (κ2) is 13.3. The summed E-state index contributed by atoms with van der Waals surface area (Å²) in [6.45, 7) is 4.45. The Balaban J connectivity index is 1.32. The predicted octanol–water partition coefficient (Wildman–Crippen LogP) is 6.97. The van der Waals surface area contributed by atoms with E-state index in [1.54, 1.807) is 36.1 Å². The van der Waals surface area contributed by atoms with E-state index in [4.69, 9.17) is 9.47 Å². The number of rotatable bonds is 12. The van der Waals surface area contributed by atoms with Crippen LogP contribution in [-0.2, 0) is 11.2 Å². The monoisotopic (exact) mass is 538 g/mol. The predicted molar refractivity (Wildman–Crippen MR) is 157 cm³/mol. The zero-order valence-electron chi connectivity index (χ0n) is 22.7. The summed E-state index contributed by atoms with van der Waals surface area (Å²) in [5, 5.41) is 12.8. The van der Waals surface area contributed by atoms with Crippen LogP contribution in [0.1, 0.15) is 24.5 Å². The number of benzene rings is 4. The number of aryl methyl sites for hydroxylation is 1. The van der Waals surface area contributed by atoms with Crippen molar-refractivity contribution in [2.24, 2.45) is 0 Å². The number of nitrogens with one attached hydrogen (secondary N) is 1. The van der Waals surface area contributed by atoms with Gasteiger partial charge >= 0.3 is 12.0 Å². The van der Waals surface area contributed by atoms with Crippen LogP contribution >= 0.6 is 0 Å². The van der Waals surface area contributed by atoms with Crippen molar-refractivity contribution in [2.45, 2.75) is 32.3 Å². The summed E-state index contributed by atoms with van der Waals surface area (Å²) in [5.74, 6) is 0.135. The van der Waals surface area contributed by atoms with Crippen LogP contribution in [0.4, 0.5) is 16.2 Å². The number of ether oxygens (including phenoxy) is 2. The van der Waals surface area contributed by atoms with Crippen LogP contribution in [0.2, 0.25) is 0 Å². The van der Waals surface area contributed by atoms with Crippen molar-refractivity contribution in [3.63, 3.8) is 0 Å². The Morgan fingerprint density at radius 2 is 1.45 bits per heavy atom. The summed E-state index contributed by atoms with van der Waals surface area (Å²) < 4.78 is 11.8. The van der Waals surface area contributed by atoms with Crippen LogP contribution in [0, 0.1) is 6.92 Å². The van der Waals surface area contributed by atoms with Gasteiger partial charge in [0.2, 0.25) is 5.60 Å². The molecule has 7 nitrogen and oxygen atoms in total. The standard InChI is InChI=1S/C33H34N2O5/c1-25-14-18-27(19-15-25)34-32(38)35(28-10-5-3-6-11-28)22-9-23-39-29-20-16-26(17-21-29)24-33(2,31(36)37)40-30-12-7-4-8-13-30/h3-8,10-21H,9,22-24H2,1-2H3,(H,34,38)(H,36,37)/t33-/m1/s1. The van der Waals surface area contributed by atoms with Crippen molar-refractivity contribution in [1.29, 1.82) is 0 Å². The SMILES string of the molecule is Cc1ccc(NC(=O)N(CCCOc2ccc(C[C@@](C)(Oc3ccccc3)C(=O)O)cc2)c2ccccc2)cc1. The number of hydrogen-bond acceptors (Lipinski definition) is 4. The lowest BCUT2D eigenvalue weighted by molar-refractivity contribution is -0.153. The second-order valence-corrected chi connectivity index (χ2v) is 9.76. The number of carbonyl (C=O) groups is 2. The molecule has 0 heterocycles. The summed E-state index contributed by atoms with van der Waals surface area (Å²) >= 11 is 0. The highest BCUT2D eigenvalue weighted by atomic mass is 16.5. The molecule has 4 aromatic carbocycles. The topological polar surface area (TPSA) is 88.1 Å². The van der Waals surface area contributed by atoms with Crippen LogP contribution in [0.5, 0.6) is 11.5 Å². The number of urea groups is 1. The molecule has 7 heteroatoms. The van der Waals surface area contributed by atoms with E-state index in [0.29, 0.717) is 31.1 Å². The molecule has 0 aromatic heterocycles. The first kappa shape index (κ1) is 28.2. The molecular formula is C33H34N2O5. The Morgan fingerprint density at radius 3 is 2.08 bits per heavy atom. The number of anilines is 2. The quantitative estimate of drug-likeness (QED) is 0.190. The Bertz CT molecular complexity index is 1380. The average molecular weight is 539 g/mol. The molecule has 2 amide bonds. The highest BCUT2D eigenvalue weighted by molar-refractivity contribution is 6.01. The van der Waals surface area contributed by atoms with Gasteiger partial charge in [0.25, 0.3) is 0 Å². The normalized spacial score (nSPS) is 12.2. The summed E-state index contributed by atoms with van der Waals surface area (Å²) in [6.07, 6.45) is 0.805. The molecule has 0 aliphatic carbocycles. The third-order valence-corrected chi connectivity index (χ3v) is 6.41. The van der Waals surface area contributed by atoms with Crippen LogP contribution < -0.4 is 19.7 Å². The van der Waals surface area contributed by atoms with E-state index >= 15 is 0 Å². The molecule has 40 heavy (non-hydrogen) atoms. The highest BCUT2D eigenvalue weighted by Crippen LogP contribution is 2.24. The molecule has 0 aliphatic heterocycles. The first-order valence-corrected chi connectivity index (χ1v) is 13.2. The lowest BCUT2D eigenvalue weighted by Crippen LogP contribution is -2.43. The van der Waals surface area contributed by atoms with Crippen molar-refractivity contribution in [2.75, 3.05) is 23.4 Å². The molecule has 0 unspecified atom stereocenters. The number of hydrogen-bond donors (Lipinski definition) is 2. The summed E-state index contributed by atoms with van der Waals surface area (Å²) in [7, 11) is 0. The molecule has 0 radical (unpaired) electrons. The molecule has 0 spiro atoms. The fourth-order valence-electron chi connectivity index (χ4n) is 4.19. The molecule has 4 aromatic rings. The Labute approximate surface area is 235 Å².